The molecule has 0 aromatic heterocycles. The molecule has 2 fully saturated rings. The summed E-state index contributed by atoms with van der Waals surface area (Å²) >= 11 is 0. The van der Waals surface area contributed by atoms with Crippen LogP contribution in [0.15, 0.2) is 48.5 Å². The molecule has 1 heterocycles. The second-order valence-electron chi connectivity index (χ2n) is 7.82. The number of benzene rings is 2. The van der Waals surface area contributed by atoms with Crippen LogP contribution >= 0.6 is 0 Å². The van der Waals surface area contributed by atoms with Gasteiger partial charge in [0.2, 0.25) is 5.91 Å². The number of nitrogens with one attached hydrogen (secondary N) is 1. The lowest BCUT2D eigenvalue weighted by atomic mass is 10.1. The zero-order valence-corrected chi connectivity index (χ0v) is 16.9. The number of piperazine rings is 1. The van der Waals surface area contributed by atoms with Crippen LogP contribution in [0.5, 0.6) is 5.75 Å². The van der Waals surface area contributed by atoms with E-state index in [1.165, 1.54) is 12.1 Å². The average Bonchev–Trinajstić information content (AvgIpc) is 3.57. The summed E-state index contributed by atoms with van der Waals surface area (Å²) in [6, 6.07) is 13.7. The van der Waals surface area contributed by atoms with E-state index in [1.54, 1.807) is 29.2 Å². The van der Waals surface area contributed by atoms with Gasteiger partial charge in [-0.2, -0.15) is 0 Å². The molecule has 30 heavy (non-hydrogen) atoms. The third kappa shape index (κ3) is 5.36. The molecule has 2 aromatic carbocycles. The number of rotatable bonds is 7. The first-order valence-corrected chi connectivity index (χ1v) is 10.4. The van der Waals surface area contributed by atoms with Crippen LogP contribution in [0.3, 0.4) is 0 Å². The van der Waals surface area contributed by atoms with E-state index < -0.39 is 0 Å². The number of carbonyl (C=O) groups is 2. The molecule has 0 unspecified atom stereocenters. The number of halogens is 1. The van der Waals surface area contributed by atoms with E-state index >= 15 is 0 Å². The van der Waals surface area contributed by atoms with Crippen molar-refractivity contribution >= 4 is 11.8 Å². The maximum Gasteiger partial charge on any atom is 0.257 e. The minimum atomic E-state index is -0.293. The van der Waals surface area contributed by atoms with Crippen molar-refractivity contribution in [2.75, 3.05) is 32.7 Å². The molecule has 1 aliphatic carbocycles. The van der Waals surface area contributed by atoms with Gasteiger partial charge in [0.25, 0.3) is 5.91 Å². The Bertz CT molecular complexity index is 891. The molecule has 0 spiro atoms. The van der Waals surface area contributed by atoms with Crippen molar-refractivity contribution in [1.29, 1.82) is 0 Å². The molecule has 0 atom stereocenters. The van der Waals surface area contributed by atoms with Crippen LogP contribution in [0, 0.1) is 5.82 Å². The van der Waals surface area contributed by atoms with E-state index in [-0.39, 0.29) is 24.2 Å². The number of hydrogen-bond acceptors (Lipinski definition) is 4. The van der Waals surface area contributed by atoms with Gasteiger partial charge in [0.1, 0.15) is 18.2 Å². The zero-order valence-electron chi connectivity index (χ0n) is 16.9. The summed E-state index contributed by atoms with van der Waals surface area (Å²) in [4.78, 5) is 28.9. The number of para-hydroxylation sites is 1. The second kappa shape index (κ2) is 9.26. The van der Waals surface area contributed by atoms with Crippen molar-refractivity contribution in [1.82, 2.24) is 15.1 Å². The Labute approximate surface area is 175 Å². The van der Waals surface area contributed by atoms with Gasteiger partial charge in [0.05, 0.1) is 12.1 Å². The molecule has 1 saturated heterocycles. The van der Waals surface area contributed by atoms with Gasteiger partial charge >= 0.3 is 0 Å². The first kappa shape index (κ1) is 20.3. The van der Waals surface area contributed by atoms with Crippen LogP contribution in [-0.2, 0) is 11.4 Å². The van der Waals surface area contributed by atoms with Gasteiger partial charge < -0.3 is 15.0 Å². The fourth-order valence-corrected chi connectivity index (χ4v) is 3.49. The van der Waals surface area contributed by atoms with E-state index in [9.17, 15) is 14.0 Å². The van der Waals surface area contributed by atoms with Crippen LogP contribution in [0.1, 0.15) is 28.8 Å². The Hall–Kier alpha value is -2.93. The van der Waals surface area contributed by atoms with Gasteiger partial charge in [-0.1, -0.05) is 24.3 Å². The lowest BCUT2D eigenvalue weighted by Crippen LogP contribution is -2.51. The summed E-state index contributed by atoms with van der Waals surface area (Å²) in [6.45, 7) is 3.12. The summed E-state index contributed by atoms with van der Waals surface area (Å²) in [5, 5.41) is 3.00. The Balaban J connectivity index is 1.32. The Morgan fingerprint density at radius 1 is 1.00 bits per heavy atom. The third-order valence-electron chi connectivity index (χ3n) is 5.39. The van der Waals surface area contributed by atoms with Gasteiger partial charge in [-0.15, -0.1) is 0 Å². The Morgan fingerprint density at radius 3 is 2.40 bits per heavy atom. The van der Waals surface area contributed by atoms with E-state index in [4.69, 9.17) is 4.74 Å². The second-order valence-corrected chi connectivity index (χ2v) is 7.82. The monoisotopic (exact) mass is 411 g/mol. The summed E-state index contributed by atoms with van der Waals surface area (Å²) in [7, 11) is 0. The molecule has 4 rings (SSSR count). The third-order valence-corrected chi connectivity index (χ3v) is 5.39. The predicted octanol–water partition coefficient (Wildman–Crippen LogP) is 2.44. The van der Waals surface area contributed by atoms with Gasteiger partial charge in [-0.3, -0.25) is 14.5 Å². The summed E-state index contributed by atoms with van der Waals surface area (Å²) in [6.07, 6.45) is 2.16. The molecule has 2 aliphatic rings. The van der Waals surface area contributed by atoms with Crippen molar-refractivity contribution < 1.29 is 18.7 Å². The standard InChI is InChI=1S/C23H26FN3O3/c24-18-7-5-17(6-8-18)16-30-21-4-2-1-3-20(21)23(29)27-13-11-26(12-14-27)15-22(28)25-19-9-10-19/h1-8,19H,9-16H2,(H,25,28). The van der Waals surface area contributed by atoms with Crippen molar-refractivity contribution in [3.05, 3.63) is 65.5 Å². The lowest BCUT2D eigenvalue weighted by molar-refractivity contribution is -0.122. The van der Waals surface area contributed by atoms with Crippen LogP contribution in [-0.4, -0.2) is 60.4 Å². The van der Waals surface area contributed by atoms with Gasteiger partial charge in [0, 0.05) is 32.2 Å². The van der Waals surface area contributed by atoms with Gasteiger partial charge in [-0.25, -0.2) is 4.39 Å². The van der Waals surface area contributed by atoms with Crippen LogP contribution in [0.25, 0.3) is 0 Å². The molecule has 2 amide bonds. The van der Waals surface area contributed by atoms with E-state index in [0.29, 0.717) is 50.1 Å². The van der Waals surface area contributed by atoms with E-state index in [2.05, 4.69) is 10.2 Å². The topological polar surface area (TPSA) is 61.9 Å². The number of carbonyl (C=O) groups excluding carboxylic acids is 2. The minimum absolute atomic E-state index is 0.0665. The highest BCUT2D eigenvalue weighted by atomic mass is 19.1. The molecule has 158 valence electrons. The van der Waals surface area contributed by atoms with Crippen molar-refractivity contribution in [3.8, 4) is 5.75 Å². The highest BCUT2D eigenvalue weighted by molar-refractivity contribution is 5.97. The van der Waals surface area contributed by atoms with Crippen LogP contribution in [0.2, 0.25) is 0 Å². The average molecular weight is 411 g/mol. The predicted molar refractivity (Wildman–Crippen MR) is 111 cm³/mol. The number of ether oxygens (including phenoxy) is 1. The fraction of sp³-hybridized carbons (Fsp3) is 0.391. The smallest absolute Gasteiger partial charge is 0.257 e. The molecule has 1 saturated carbocycles. The zero-order chi connectivity index (χ0) is 20.9. The quantitative estimate of drug-likeness (QED) is 0.760. The van der Waals surface area contributed by atoms with E-state index in [1.807, 2.05) is 12.1 Å². The maximum absolute atomic E-state index is 13.1. The molecular weight excluding hydrogens is 385 g/mol. The van der Waals surface area contributed by atoms with Crippen molar-refractivity contribution in [3.63, 3.8) is 0 Å². The summed E-state index contributed by atoms with van der Waals surface area (Å²) in [5.74, 6) is 0.208. The minimum Gasteiger partial charge on any atom is -0.488 e. The highest BCUT2D eigenvalue weighted by Gasteiger charge is 2.27. The number of nitrogens with zero attached hydrogens (tertiary/aromatic N) is 2. The summed E-state index contributed by atoms with van der Waals surface area (Å²) < 4.78 is 18.9. The van der Waals surface area contributed by atoms with Crippen molar-refractivity contribution in [2.24, 2.45) is 0 Å². The van der Waals surface area contributed by atoms with Crippen LogP contribution in [0.4, 0.5) is 4.39 Å². The molecule has 1 N–H and O–H groups in total. The lowest BCUT2D eigenvalue weighted by Gasteiger charge is -2.34. The fourth-order valence-electron chi connectivity index (χ4n) is 3.49. The van der Waals surface area contributed by atoms with Gasteiger partial charge in [-0.05, 0) is 42.7 Å². The molecule has 2 aromatic rings. The van der Waals surface area contributed by atoms with Crippen LogP contribution < -0.4 is 10.1 Å². The molecule has 7 heteroatoms. The Kier molecular flexibility index (Phi) is 6.28. The van der Waals surface area contributed by atoms with E-state index in [0.717, 1.165) is 18.4 Å². The molecule has 0 bridgehead atoms. The Morgan fingerprint density at radius 2 is 1.70 bits per heavy atom. The summed E-state index contributed by atoms with van der Waals surface area (Å²) in [5.41, 5.74) is 1.34. The largest absolute Gasteiger partial charge is 0.488 e. The van der Waals surface area contributed by atoms with Gasteiger partial charge in [0.15, 0.2) is 0 Å². The molecular formula is C23H26FN3O3. The maximum atomic E-state index is 13.1. The first-order chi connectivity index (χ1) is 14.6. The normalized spacial score (nSPS) is 16.9. The first-order valence-electron chi connectivity index (χ1n) is 10.4. The molecule has 6 nitrogen and oxygen atoms in total. The number of hydrogen-bond donors (Lipinski definition) is 1. The highest BCUT2D eigenvalue weighted by Crippen LogP contribution is 2.22. The number of amides is 2. The van der Waals surface area contributed by atoms with Crippen molar-refractivity contribution in [2.45, 2.75) is 25.5 Å². The SMILES string of the molecule is O=C(CN1CCN(C(=O)c2ccccc2OCc2ccc(F)cc2)CC1)NC1CC1. The molecule has 0 radical (unpaired) electrons. The molecule has 1 aliphatic heterocycles.